The van der Waals surface area contributed by atoms with Crippen molar-refractivity contribution in [1.82, 2.24) is 0 Å². The van der Waals surface area contributed by atoms with Gasteiger partial charge in [0.25, 0.3) is 5.92 Å². The number of halogens is 5. The monoisotopic (exact) mass is 320 g/mol. The SMILES string of the molecule is CCC(O)COCCC(C)(C)C(F)(F)C(C)(C)C(F)(F)F. The van der Waals surface area contributed by atoms with E-state index in [1.807, 2.05) is 0 Å². The lowest BCUT2D eigenvalue weighted by molar-refractivity contribution is -0.315. The summed E-state index contributed by atoms with van der Waals surface area (Å²) in [6, 6.07) is 0. The Labute approximate surface area is 122 Å². The Balaban J connectivity index is 4.81. The highest BCUT2D eigenvalue weighted by Gasteiger charge is 2.68. The minimum Gasteiger partial charge on any atom is -0.391 e. The van der Waals surface area contributed by atoms with Crippen LogP contribution in [0.4, 0.5) is 22.0 Å². The van der Waals surface area contributed by atoms with Crippen LogP contribution in [0.1, 0.15) is 47.5 Å². The van der Waals surface area contributed by atoms with Gasteiger partial charge in [0, 0.05) is 12.0 Å². The molecule has 0 bridgehead atoms. The molecule has 0 rings (SSSR count). The van der Waals surface area contributed by atoms with E-state index in [1.165, 1.54) is 0 Å². The lowest BCUT2D eigenvalue weighted by atomic mass is 9.69. The Hall–Kier alpha value is -0.430. The van der Waals surface area contributed by atoms with Crippen molar-refractivity contribution in [3.63, 3.8) is 0 Å². The average molecular weight is 320 g/mol. The van der Waals surface area contributed by atoms with E-state index in [9.17, 15) is 27.1 Å². The molecule has 0 aliphatic carbocycles. The fourth-order valence-corrected chi connectivity index (χ4v) is 1.85. The summed E-state index contributed by atoms with van der Waals surface area (Å²) in [7, 11) is 0. The first kappa shape index (κ1) is 20.6. The van der Waals surface area contributed by atoms with E-state index in [0.29, 0.717) is 20.3 Å². The molecule has 0 radical (unpaired) electrons. The van der Waals surface area contributed by atoms with Crippen molar-refractivity contribution in [1.29, 1.82) is 0 Å². The van der Waals surface area contributed by atoms with Crippen LogP contribution < -0.4 is 0 Å². The first-order valence-corrected chi connectivity index (χ1v) is 6.91. The highest BCUT2D eigenvalue weighted by Crippen LogP contribution is 2.57. The predicted octanol–water partition coefficient (Wildman–Crippen LogP) is 4.41. The fraction of sp³-hybridized carbons (Fsp3) is 1.00. The van der Waals surface area contributed by atoms with Crippen LogP contribution in [0, 0.1) is 10.8 Å². The third-order valence-corrected chi connectivity index (χ3v) is 4.00. The summed E-state index contributed by atoms with van der Waals surface area (Å²) >= 11 is 0. The number of hydrogen-bond acceptors (Lipinski definition) is 2. The minimum atomic E-state index is -5.01. The topological polar surface area (TPSA) is 29.5 Å². The van der Waals surface area contributed by atoms with E-state index >= 15 is 0 Å². The van der Waals surface area contributed by atoms with Crippen molar-refractivity contribution < 1.29 is 31.8 Å². The third-order valence-electron chi connectivity index (χ3n) is 4.00. The summed E-state index contributed by atoms with van der Waals surface area (Å²) in [5.41, 5.74) is -5.02. The van der Waals surface area contributed by atoms with Gasteiger partial charge in [-0.2, -0.15) is 13.2 Å². The zero-order valence-corrected chi connectivity index (χ0v) is 13.2. The van der Waals surface area contributed by atoms with E-state index in [1.54, 1.807) is 6.92 Å². The van der Waals surface area contributed by atoms with Gasteiger partial charge in [-0.25, -0.2) is 8.78 Å². The van der Waals surface area contributed by atoms with Crippen molar-refractivity contribution in [3.05, 3.63) is 0 Å². The lowest BCUT2D eigenvalue weighted by Gasteiger charge is -2.45. The second-order valence-electron chi connectivity index (χ2n) is 6.47. The van der Waals surface area contributed by atoms with Crippen LogP contribution in [0.2, 0.25) is 0 Å². The van der Waals surface area contributed by atoms with Crippen LogP contribution in [0.5, 0.6) is 0 Å². The summed E-state index contributed by atoms with van der Waals surface area (Å²) in [4.78, 5) is 0. The van der Waals surface area contributed by atoms with Crippen LogP contribution in [0.25, 0.3) is 0 Å². The lowest BCUT2D eigenvalue weighted by Crippen LogP contribution is -2.55. The molecule has 0 spiro atoms. The molecule has 0 aromatic rings. The Morgan fingerprint density at radius 1 is 1.00 bits per heavy atom. The minimum absolute atomic E-state index is 0.0131. The molecule has 1 N–H and O–H groups in total. The molecule has 0 aliphatic heterocycles. The molecule has 1 unspecified atom stereocenters. The predicted molar refractivity (Wildman–Crippen MR) is 70.3 cm³/mol. The molecule has 1 atom stereocenters. The number of rotatable bonds is 8. The largest absolute Gasteiger partial charge is 0.399 e. The van der Waals surface area contributed by atoms with Crippen LogP contribution >= 0.6 is 0 Å². The normalized spacial score (nSPS) is 16.1. The van der Waals surface area contributed by atoms with Crippen LogP contribution in [-0.4, -0.2) is 36.5 Å². The van der Waals surface area contributed by atoms with Gasteiger partial charge in [0.05, 0.1) is 12.7 Å². The van der Waals surface area contributed by atoms with E-state index in [0.717, 1.165) is 13.8 Å². The van der Waals surface area contributed by atoms with E-state index in [4.69, 9.17) is 4.74 Å². The highest BCUT2D eigenvalue weighted by atomic mass is 19.4. The van der Waals surface area contributed by atoms with Gasteiger partial charge in [-0.05, 0) is 26.7 Å². The zero-order valence-electron chi connectivity index (χ0n) is 13.2. The van der Waals surface area contributed by atoms with Crippen molar-refractivity contribution in [2.24, 2.45) is 10.8 Å². The molecule has 21 heavy (non-hydrogen) atoms. The Bertz CT molecular complexity index is 324. The second-order valence-corrected chi connectivity index (χ2v) is 6.47. The molecule has 0 heterocycles. The van der Waals surface area contributed by atoms with E-state index in [2.05, 4.69) is 0 Å². The Morgan fingerprint density at radius 3 is 1.86 bits per heavy atom. The summed E-state index contributed by atoms with van der Waals surface area (Å²) < 4.78 is 72.2. The van der Waals surface area contributed by atoms with Crippen molar-refractivity contribution >= 4 is 0 Å². The maximum Gasteiger partial charge on any atom is 0.399 e. The molecular formula is C14H25F5O2. The van der Waals surface area contributed by atoms with Crippen molar-refractivity contribution in [2.75, 3.05) is 13.2 Å². The fourth-order valence-electron chi connectivity index (χ4n) is 1.85. The van der Waals surface area contributed by atoms with Crippen LogP contribution in [0.3, 0.4) is 0 Å². The summed E-state index contributed by atoms with van der Waals surface area (Å²) in [6.07, 6.45) is -5.48. The molecule has 7 heteroatoms. The molecule has 0 aliphatic rings. The molecule has 0 aromatic carbocycles. The highest BCUT2D eigenvalue weighted by molar-refractivity contribution is 4.99. The summed E-state index contributed by atoms with van der Waals surface area (Å²) in [5, 5.41) is 9.26. The van der Waals surface area contributed by atoms with Gasteiger partial charge in [0.1, 0.15) is 5.41 Å². The van der Waals surface area contributed by atoms with Gasteiger partial charge in [0.2, 0.25) is 0 Å². The van der Waals surface area contributed by atoms with Crippen molar-refractivity contribution in [3.8, 4) is 0 Å². The molecule has 2 nitrogen and oxygen atoms in total. The zero-order chi connectivity index (χ0) is 17.1. The molecular weight excluding hydrogens is 295 g/mol. The van der Waals surface area contributed by atoms with E-state index in [-0.39, 0.29) is 19.6 Å². The van der Waals surface area contributed by atoms with Gasteiger partial charge < -0.3 is 9.84 Å². The smallest absolute Gasteiger partial charge is 0.391 e. The van der Waals surface area contributed by atoms with E-state index < -0.39 is 29.0 Å². The molecule has 0 amide bonds. The first-order chi connectivity index (χ1) is 9.20. The number of aliphatic hydroxyl groups is 1. The number of ether oxygens (including phenoxy) is 1. The molecule has 0 saturated heterocycles. The quantitative estimate of drug-likeness (QED) is 0.530. The maximum absolute atomic E-state index is 14.3. The summed E-state index contributed by atoms with van der Waals surface area (Å²) in [6.45, 7) is 4.81. The second kappa shape index (κ2) is 6.77. The molecule has 0 saturated carbocycles. The van der Waals surface area contributed by atoms with Crippen LogP contribution in [-0.2, 0) is 4.74 Å². The number of hydrogen-bond donors (Lipinski definition) is 1. The van der Waals surface area contributed by atoms with Gasteiger partial charge in [-0.3, -0.25) is 0 Å². The molecule has 0 fully saturated rings. The van der Waals surface area contributed by atoms with Gasteiger partial charge >= 0.3 is 6.18 Å². The maximum atomic E-state index is 14.3. The van der Waals surface area contributed by atoms with Crippen LogP contribution in [0.15, 0.2) is 0 Å². The third kappa shape index (κ3) is 4.52. The average Bonchev–Trinajstić information content (AvgIpc) is 2.32. The standard InChI is InChI=1S/C14H25F5O2/c1-6-10(20)9-21-8-7-11(2,3)13(15,16)12(4,5)14(17,18)19/h10,20H,6-9H2,1-5H3. The van der Waals surface area contributed by atoms with Gasteiger partial charge in [-0.15, -0.1) is 0 Å². The number of aliphatic hydroxyl groups excluding tert-OH is 1. The first-order valence-electron chi connectivity index (χ1n) is 6.91. The summed E-state index contributed by atoms with van der Waals surface area (Å²) in [5.74, 6) is -3.95. The Kier molecular flexibility index (Phi) is 6.63. The molecule has 0 aromatic heterocycles. The van der Waals surface area contributed by atoms with Crippen molar-refractivity contribution in [2.45, 2.75) is 65.7 Å². The number of alkyl halides is 5. The molecule has 128 valence electrons. The Morgan fingerprint density at radius 2 is 1.48 bits per heavy atom. The van der Waals surface area contributed by atoms with Gasteiger partial charge in [-0.1, -0.05) is 20.8 Å². The van der Waals surface area contributed by atoms with Gasteiger partial charge in [0.15, 0.2) is 0 Å².